The monoisotopic (exact) mass is 269 g/mol. The van der Waals surface area contributed by atoms with Crippen LogP contribution in [0.15, 0.2) is 30.7 Å². The number of nitrogens with two attached hydrogens (primary N) is 1. The topological polar surface area (TPSA) is 61.0 Å². The summed E-state index contributed by atoms with van der Waals surface area (Å²) in [6, 6.07) is 5.30. The van der Waals surface area contributed by atoms with E-state index >= 15 is 0 Å². The number of benzene rings is 1. The summed E-state index contributed by atoms with van der Waals surface area (Å²) < 4.78 is 5.48. The van der Waals surface area contributed by atoms with Gasteiger partial charge in [0.15, 0.2) is 0 Å². The molecule has 0 saturated carbocycles. The smallest absolute Gasteiger partial charge is 0.241 e. The van der Waals surface area contributed by atoms with Crippen molar-refractivity contribution in [2.45, 2.75) is 6.54 Å². The van der Waals surface area contributed by atoms with Crippen LogP contribution in [0.5, 0.6) is 11.6 Å². The van der Waals surface area contributed by atoms with Crippen molar-refractivity contribution in [3.63, 3.8) is 0 Å². The molecule has 0 aliphatic rings. The van der Waals surface area contributed by atoms with Gasteiger partial charge >= 0.3 is 0 Å². The van der Waals surface area contributed by atoms with E-state index in [1.54, 1.807) is 12.1 Å². The summed E-state index contributed by atoms with van der Waals surface area (Å²) >= 11 is 11.9. The number of ether oxygens (including phenoxy) is 1. The van der Waals surface area contributed by atoms with Crippen molar-refractivity contribution < 1.29 is 4.74 Å². The summed E-state index contributed by atoms with van der Waals surface area (Å²) in [7, 11) is 0. The first-order valence-corrected chi connectivity index (χ1v) is 5.58. The van der Waals surface area contributed by atoms with E-state index < -0.39 is 0 Å². The van der Waals surface area contributed by atoms with Crippen molar-refractivity contribution >= 4 is 23.2 Å². The molecule has 0 atom stereocenters. The highest BCUT2D eigenvalue weighted by molar-refractivity contribution is 6.32. The highest BCUT2D eigenvalue weighted by Crippen LogP contribution is 2.31. The third-order valence-electron chi connectivity index (χ3n) is 2.07. The predicted molar refractivity (Wildman–Crippen MR) is 66.5 cm³/mol. The van der Waals surface area contributed by atoms with E-state index in [0.29, 0.717) is 22.3 Å². The van der Waals surface area contributed by atoms with Crippen molar-refractivity contribution in [2.75, 3.05) is 0 Å². The van der Waals surface area contributed by atoms with Crippen LogP contribution < -0.4 is 10.5 Å². The van der Waals surface area contributed by atoms with E-state index in [2.05, 4.69) is 9.97 Å². The van der Waals surface area contributed by atoms with Crippen LogP contribution in [0, 0.1) is 0 Å². The number of nitrogens with zero attached hydrogens (tertiary/aromatic N) is 2. The normalized spacial score (nSPS) is 10.3. The molecule has 0 aliphatic heterocycles. The molecule has 0 radical (unpaired) electrons. The Balaban J connectivity index is 2.28. The number of hydrogen-bond acceptors (Lipinski definition) is 4. The second-order valence-electron chi connectivity index (χ2n) is 3.25. The maximum Gasteiger partial charge on any atom is 0.241 e. The van der Waals surface area contributed by atoms with Gasteiger partial charge in [0.25, 0.3) is 0 Å². The molecule has 0 bridgehead atoms. The summed E-state index contributed by atoms with van der Waals surface area (Å²) in [5.41, 5.74) is 6.43. The molecular formula is C11H9Cl2N3O. The molecule has 0 aliphatic carbocycles. The van der Waals surface area contributed by atoms with Gasteiger partial charge in [-0.25, -0.2) is 9.97 Å². The number of halogens is 2. The highest BCUT2D eigenvalue weighted by Gasteiger charge is 2.08. The fraction of sp³-hybridized carbons (Fsp3) is 0.0909. The van der Waals surface area contributed by atoms with Crippen LogP contribution in [0.2, 0.25) is 10.0 Å². The average molecular weight is 270 g/mol. The quantitative estimate of drug-likeness (QED) is 0.931. The van der Waals surface area contributed by atoms with Gasteiger partial charge in [-0.15, -0.1) is 0 Å². The van der Waals surface area contributed by atoms with E-state index in [-0.39, 0.29) is 5.88 Å². The first-order chi connectivity index (χ1) is 8.20. The first kappa shape index (κ1) is 12.1. The van der Waals surface area contributed by atoms with Crippen molar-refractivity contribution in [1.29, 1.82) is 0 Å². The zero-order valence-electron chi connectivity index (χ0n) is 8.73. The van der Waals surface area contributed by atoms with Crippen molar-refractivity contribution in [2.24, 2.45) is 5.73 Å². The highest BCUT2D eigenvalue weighted by atomic mass is 35.5. The molecule has 2 N–H and O–H groups in total. The molecule has 1 aromatic heterocycles. The average Bonchev–Trinajstić information content (AvgIpc) is 2.34. The second kappa shape index (κ2) is 5.31. The second-order valence-corrected chi connectivity index (χ2v) is 4.06. The molecule has 0 spiro atoms. The molecule has 6 heteroatoms. The Bertz CT molecular complexity index is 534. The largest absolute Gasteiger partial charge is 0.436 e. The van der Waals surface area contributed by atoms with Crippen LogP contribution in [-0.2, 0) is 6.54 Å². The lowest BCUT2D eigenvalue weighted by molar-refractivity contribution is 0.462. The lowest BCUT2D eigenvalue weighted by Crippen LogP contribution is -1.96. The fourth-order valence-electron chi connectivity index (χ4n) is 1.23. The molecule has 0 unspecified atom stereocenters. The molecule has 88 valence electrons. The summed E-state index contributed by atoms with van der Waals surface area (Å²) in [6.07, 6.45) is 2.80. The molecular weight excluding hydrogens is 261 g/mol. The van der Waals surface area contributed by atoms with Gasteiger partial charge in [0.05, 0.1) is 11.2 Å². The van der Waals surface area contributed by atoms with Gasteiger partial charge in [-0.3, -0.25) is 0 Å². The van der Waals surface area contributed by atoms with Crippen molar-refractivity contribution in [3.05, 3.63) is 46.3 Å². The number of hydrogen-bond donors (Lipinski definition) is 1. The van der Waals surface area contributed by atoms with Gasteiger partial charge in [0, 0.05) is 6.54 Å². The van der Waals surface area contributed by atoms with Gasteiger partial charge in [-0.1, -0.05) is 29.3 Å². The Morgan fingerprint density at radius 3 is 2.71 bits per heavy atom. The molecule has 17 heavy (non-hydrogen) atoms. The summed E-state index contributed by atoms with van der Waals surface area (Å²) in [4.78, 5) is 7.67. The minimum atomic E-state index is 0.268. The molecule has 2 aromatic rings. The molecule has 0 saturated heterocycles. The van der Waals surface area contributed by atoms with Crippen LogP contribution in [0.1, 0.15) is 5.56 Å². The molecule has 0 fully saturated rings. The Kier molecular flexibility index (Phi) is 3.78. The minimum Gasteiger partial charge on any atom is -0.436 e. The lowest BCUT2D eigenvalue weighted by atomic mass is 10.2. The fourth-order valence-corrected chi connectivity index (χ4v) is 1.62. The molecule has 0 amide bonds. The molecule has 4 nitrogen and oxygen atoms in total. The minimum absolute atomic E-state index is 0.268. The maximum absolute atomic E-state index is 6.04. The molecule has 1 aromatic carbocycles. The maximum atomic E-state index is 6.04. The van der Waals surface area contributed by atoms with Crippen molar-refractivity contribution in [3.8, 4) is 11.6 Å². The van der Waals surface area contributed by atoms with Crippen molar-refractivity contribution in [1.82, 2.24) is 9.97 Å². The number of aromatic nitrogens is 2. The first-order valence-electron chi connectivity index (χ1n) is 4.82. The summed E-state index contributed by atoms with van der Waals surface area (Å²) in [5, 5.41) is 0.786. The van der Waals surface area contributed by atoms with E-state index in [4.69, 9.17) is 33.7 Å². The zero-order chi connectivity index (χ0) is 12.3. The third kappa shape index (κ3) is 2.85. The van der Waals surface area contributed by atoms with Crippen LogP contribution in [0.3, 0.4) is 0 Å². The van der Waals surface area contributed by atoms with Crippen LogP contribution >= 0.6 is 23.2 Å². The van der Waals surface area contributed by atoms with E-state index in [1.165, 1.54) is 12.5 Å². The summed E-state index contributed by atoms with van der Waals surface area (Å²) in [6.45, 7) is 0.425. The molecule has 2 rings (SSSR count). The lowest BCUT2D eigenvalue weighted by Gasteiger charge is -2.08. The third-order valence-corrected chi connectivity index (χ3v) is 2.63. The number of rotatable bonds is 3. The predicted octanol–water partition coefficient (Wildman–Crippen LogP) is 3.03. The van der Waals surface area contributed by atoms with Gasteiger partial charge in [-0.2, -0.15) is 0 Å². The van der Waals surface area contributed by atoms with E-state index in [1.807, 2.05) is 6.07 Å². The van der Waals surface area contributed by atoms with Crippen LogP contribution in [0.4, 0.5) is 0 Å². The van der Waals surface area contributed by atoms with Gasteiger partial charge in [0.1, 0.15) is 17.1 Å². The Morgan fingerprint density at radius 1 is 1.24 bits per heavy atom. The van der Waals surface area contributed by atoms with Gasteiger partial charge in [-0.05, 0) is 17.7 Å². The van der Waals surface area contributed by atoms with Gasteiger partial charge in [0.2, 0.25) is 5.88 Å². The van der Waals surface area contributed by atoms with Crippen LogP contribution in [0.25, 0.3) is 0 Å². The van der Waals surface area contributed by atoms with E-state index in [0.717, 1.165) is 5.56 Å². The van der Waals surface area contributed by atoms with E-state index in [9.17, 15) is 0 Å². The van der Waals surface area contributed by atoms with Crippen LogP contribution in [-0.4, -0.2) is 9.97 Å². The van der Waals surface area contributed by atoms with Gasteiger partial charge < -0.3 is 10.5 Å². The Hall–Kier alpha value is -1.36. The zero-order valence-corrected chi connectivity index (χ0v) is 10.2. The Morgan fingerprint density at radius 2 is 2.06 bits per heavy atom. The summed E-state index contributed by atoms with van der Waals surface area (Å²) in [5.74, 6) is 0.744. The standard InChI is InChI=1S/C11H9Cl2N3O/c12-8-3-7(4-14)1-2-10(8)17-11-9(13)5-15-6-16-11/h1-3,5-6H,4,14H2. The molecule has 1 heterocycles. The SMILES string of the molecule is NCc1ccc(Oc2ncncc2Cl)c(Cl)c1. The Labute approximate surface area is 108 Å².